The van der Waals surface area contributed by atoms with E-state index in [1.54, 1.807) is 7.05 Å². The fraction of sp³-hybridized carbons (Fsp3) is 0.462. The molecular weight excluding hydrogens is 298 g/mol. The van der Waals surface area contributed by atoms with E-state index in [0.29, 0.717) is 5.75 Å². The van der Waals surface area contributed by atoms with Crippen molar-refractivity contribution in [2.45, 2.75) is 18.4 Å². The van der Waals surface area contributed by atoms with Gasteiger partial charge in [0, 0.05) is 12.1 Å². The number of nitrogens with zero attached hydrogens (tertiary/aromatic N) is 1. The Kier molecular flexibility index (Phi) is 4.34. The largest absolute Gasteiger partial charge is 0.491 e. The molecule has 0 radical (unpaired) electrons. The molecule has 1 aliphatic carbocycles. The summed E-state index contributed by atoms with van der Waals surface area (Å²) in [5.74, 6) is 0.0288. The first-order valence-corrected chi connectivity index (χ1v) is 6.84. The van der Waals surface area contributed by atoms with E-state index in [2.05, 4.69) is 5.32 Å². The Hall–Kier alpha value is -1.86. The van der Waals surface area contributed by atoms with E-state index in [1.807, 2.05) is 0 Å². The van der Waals surface area contributed by atoms with Gasteiger partial charge in [0.1, 0.15) is 22.9 Å². The predicted octanol–water partition coefficient (Wildman–Crippen LogP) is 1.48. The lowest BCUT2D eigenvalue weighted by Gasteiger charge is -2.30. The van der Waals surface area contributed by atoms with Crippen LogP contribution in [0.4, 0.5) is 5.69 Å². The fourth-order valence-corrected chi connectivity index (χ4v) is 2.53. The number of benzene rings is 1. The molecule has 0 aliphatic heterocycles. The number of ether oxygens (including phenoxy) is 1. The van der Waals surface area contributed by atoms with Gasteiger partial charge in [0.05, 0.1) is 4.92 Å². The van der Waals surface area contributed by atoms with Crippen molar-refractivity contribution in [2.24, 2.45) is 11.7 Å². The van der Waals surface area contributed by atoms with E-state index in [0.717, 1.165) is 12.8 Å². The van der Waals surface area contributed by atoms with Crippen LogP contribution in [0.2, 0.25) is 5.02 Å². The molecule has 0 spiro atoms. The van der Waals surface area contributed by atoms with Crippen LogP contribution < -0.4 is 15.8 Å². The van der Waals surface area contributed by atoms with Crippen molar-refractivity contribution in [3.63, 3.8) is 0 Å². The zero-order valence-corrected chi connectivity index (χ0v) is 12.2. The molecule has 1 aromatic carbocycles. The van der Waals surface area contributed by atoms with Gasteiger partial charge in [-0.2, -0.15) is 0 Å². The molecule has 3 N–H and O–H groups in total. The Morgan fingerprint density at radius 2 is 2.29 bits per heavy atom. The number of nitro groups is 1. The van der Waals surface area contributed by atoms with Gasteiger partial charge < -0.3 is 15.8 Å². The van der Waals surface area contributed by atoms with E-state index in [4.69, 9.17) is 22.1 Å². The molecule has 0 heterocycles. The summed E-state index contributed by atoms with van der Waals surface area (Å²) in [7, 11) is 1.66. The number of nitrogens with two attached hydrogens (primary N) is 1. The van der Waals surface area contributed by atoms with Gasteiger partial charge in [-0.05, 0) is 31.9 Å². The van der Waals surface area contributed by atoms with E-state index in [1.165, 1.54) is 18.2 Å². The molecule has 2 rings (SSSR count). The van der Waals surface area contributed by atoms with Crippen LogP contribution in [-0.2, 0) is 4.79 Å². The van der Waals surface area contributed by atoms with Crippen LogP contribution in [0.3, 0.4) is 0 Å². The van der Waals surface area contributed by atoms with Crippen molar-refractivity contribution >= 4 is 23.2 Å². The van der Waals surface area contributed by atoms with Gasteiger partial charge >= 0.3 is 0 Å². The zero-order chi connectivity index (χ0) is 15.6. The number of carbonyl (C=O) groups is 1. The van der Waals surface area contributed by atoms with Gasteiger partial charge in [0.15, 0.2) is 0 Å². The smallest absolute Gasteiger partial charge is 0.288 e. The number of nitrogens with one attached hydrogen (secondary N) is 1. The Bertz CT molecular complexity index is 577. The SMILES string of the molecule is CNC(COc1ccc([N+](=O)[O-])c(Cl)c1)(C(N)=O)C1CC1. The Labute approximate surface area is 126 Å². The second-order valence-electron chi connectivity index (χ2n) is 5.02. The number of hydrogen-bond donors (Lipinski definition) is 2. The van der Waals surface area contributed by atoms with Crippen molar-refractivity contribution in [3.8, 4) is 5.75 Å². The van der Waals surface area contributed by atoms with Crippen LogP contribution in [0, 0.1) is 16.0 Å². The van der Waals surface area contributed by atoms with Crippen LogP contribution in [0.25, 0.3) is 0 Å². The second-order valence-corrected chi connectivity index (χ2v) is 5.43. The molecule has 1 aromatic rings. The van der Waals surface area contributed by atoms with Gasteiger partial charge in [0.2, 0.25) is 5.91 Å². The maximum Gasteiger partial charge on any atom is 0.288 e. The third-order valence-electron chi connectivity index (χ3n) is 3.74. The maximum absolute atomic E-state index is 11.7. The summed E-state index contributed by atoms with van der Waals surface area (Å²) >= 11 is 5.82. The summed E-state index contributed by atoms with van der Waals surface area (Å²) in [5.41, 5.74) is 4.37. The minimum Gasteiger partial charge on any atom is -0.491 e. The van der Waals surface area contributed by atoms with Gasteiger partial charge in [-0.3, -0.25) is 14.9 Å². The van der Waals surface area contributed by atoms with Crippen molar-refractivity contribution < 1.29 is 14.5 Å². The van der Waals surface area contributed by atoms with Crippen LogP contribution >= 0.6 is 11.6 Å². The minimum absolute atomic E-state index is 0.0157. The van der Waals surface area contributed by atoms with Crippen molar-refractivity contribution in [1.82, 2.24) is 5.32 Å². The highest BCUT2D eigenvalue weighted by Crippen LogP contribution is 2.40. The second kappa shape index (κ2) is 5.87. The van der Waals surface area contributed by atoms with E-state index < -0.39 is 16.4 Å². The molecule has 1 aliphatic rings. The summed E-state index contributed by atoms with van der Waals surface area (Å²) in [5, 5.41) is 13.6. The normalized spacial score (nSPS) is 17.0. The summed E-state index contributed by atoms with van der Waals surface area (Å²) in [6.07, 6.45) is 1.82. The first-order valence-electron chi connectivity index (χ1n) is 6.46. The summed E-state index contributed by atoms with van der Waals surface area (Å²) < 4.78 is 5.57. The van der Waals surface area contributed by atoms with Crippen LogP contribution in [0.15, 0.2) is 18.2 Å². The molecule has 1 fully saturated rings. The van der Waals surface area contributed by atoms with Gasteiger partial charge in [-0.25, -0.2) is 0 Å². The van der Waals surface area contributed by atoms with Crippen molar-refractivity contribution in [1.29, 1.82) is 0 Å². The van der Waals surface area contributed by atoms with Crippen LogP contribution in [0.5, 0.6) is 5.75 Å². The summed E-state index contributed by atoms with van der Waals surface area (Å²) in [6.45, 7) is 0.0532. The first-order chi connectivity index (χ1) is 9.90. The van der Waals surface area contributed by atoms with E-state index >= 15 is 0 Å². The Morgan fingerprint density at radius 1 is 1.62 bits per heavy atom. The van der Waals surface area contributed by atoms with Crippen LogP contribution in [0.1, 0.15) is 12.8 Å². The molecule has 0 aromatic heterocycles. The summed E-state index contributed by atoms with van der Waals surface area (Å²) in [4.78, 5) is 21.9. The lowest BCUT2D eigenvalue weighted by molar-refractivity contribution is -0.384. The number of amides is 1. The molecule has 1 amide bonds. The third kappa shape index (κ3) is 3.08. The number of rotatable bonds is 7. The third-order valence-corrected chi connectivity index (χ3v) is 4.05. The topological polar surface area (TPSA) is 107 Å². The standard InChI is InChI=1S/C13H16ClN3O4/c1-16-13(12(15)18,8-2-3-8)7-21-9-4-5-11(17(19)20)10(14)6-9/h4-6,8,16H,2-3,7H2,1H3,(H2,15,18). The van der Waals surface area contributed by atoms with E-state index in [9.17, 15) is 14.9 Å². The number of primary amides is 1. The number of halogens is 1. The van der Waals surface area contributed by atoms with Crippen LogP contribution in [-0.4, -0.2) is 30.0 Å². The minimum atomic E-state index is -0.922. The molecule has 7 nitrogen and oxygen atoms in total. The van der Waals surface area contributed by atoms with Crippen molar-refractivity contribution in [2.75, 3.05) is 13.7 Å². The monoisotopic (exact) mass is 313 g/mol. The molecule has 8 heteroatoms. The average molecular weight is 314 g/mol. The molecule has 0 bridgehead atoms. The fourth-order valence-electron chi connectivity index (χ4n) is 2.29. The lowest BCUT2D eigenvalue weighted by atomic mass is 9.93. The van der Waals surface area contributed by atoms with E-state index in [-0.39, 0.29) is 23.2 Å². The molecule has 1 unspecified atom stereocenters. The predicted molar refractivity (Wildman–Crippen MR) is 77.3 cm³/mol. The molecule has 114 valence electrons. The zero-order valence-electron chi connectivity index (χ0n) is 11.5. The van der Waals surface area contributed by atoms with Gasteiger partial charge in [0.25, 0.3) is 5.69 Å². The van der Waals surface area contributed by atoms with Crippen molar-refractivity contribution in [3.05, 3.63) is 33.3 Å². The average Bonchev–Trinajstić information content (AvgIpc) is 3.24. The Balaban J connectivity index is 2.13. The lowest BCUT2D eigenvalue weighted by Crippen LogP contribution is -2.59. The number of likely N-dealkylation sites (N-methyl/N-ethyl adjacent to an activating group) is 1. The molecule has 0 saturated heterocycles. The number of nitro benzene ring substituents is 1. The molecule has 21 heavy (non-hydrogen) atoms. The van der Waals surface area contributed by atoms with Gasteiger partial charge in [-0.1, -0.05) is 11.6 Å². The highest BCUT2D eigenvalue weighted by atomic mass is 35.5. The molecule has 1 saturated carbocycles. The highest BCUT2D eigenvalue weighted by molar-refractivity contribution is 6.32. The highest BCUT2D eigenvalue weighted by Gasteiger charge is 2.49. The number of carbonyl (C=O) groups excluding carboxylic acids is 1. The number of hydrogen-bond acceptors (Lipinski definition) is 5. The molecule has 1 atom stereocenters. The molecular formula is C13H16ClN3O4. The quantitative estimate of drug-likeness (QED) is 0.585. The Morgan fingerprint density at radius 3 is 2.71 bits per heavy atom. The van der Waals surface area contributed by atoms with Gasteiger partial charge in [-0.15, -0.1) is 0 Å². The first kappa shape index (κ1) is 15.5. The maximum atomic E-state index is 11.7. The summed E-state index contributed by atoms with van der Waals surface area (Å²) in [6, 6.07) is 4.06.